The van der Waals surface area contributed by atoms with Crippen LogP contribution in [0.5, 0.6) is 0 Å². The number of carboxylic acids is 1. The maximum Gasteiger partial charge on any atom is 0.311 e. The van der Waals surface area contributed by atoms with Gasteiger partial charge in [0.05, 0.1) is 5.02 Å². The Morgan fingerprint density at radius 2 is 2.07 bits per heavy atom. The van der Waals surface area contributed by atoms with Crippen molar-refractivity contribution in [2.45, 2.75) is 13.3 Å². The Morgan fingerprint density at radius 1 is 1.47 bits per heavy atom. The van der Waals surface area contributed by atoms with Crippen molar-refractivity contribution in [1.29, 1.82) is 0 Å². The molecule has 0 heterocycles. The number of rotatable bonds is 3. The van der Waals surface area contributed by atoms with E-state index in [9.17, 15) is 14.0 Å². The number of benzene rings is 1. The van der Waals surface area contributed by atoms with E-state index >= 15 is 0 Å². The largest absolute Gasteiger partial charge is 0.481 e. The topological polar surface area (TPSA) is 54.4 Å². The van der Waals surface area contributed by atoms with E-state index in [0.29, 0.717) is 5.56 Å². The number of ketones is 1. The summed E-state index contributed by atoms with van der Waals surface area (Å²) in [5.41, 5.74) is 0.217. The normalized spacial score (nSPS) is 10.1. The van der Waals surface area contributed by atoms with Crippen molar-refractivity contribution in [2.24, 2.45) is 0 Å². The van der Waals surface area contributed by atoms with Crippen LogP contribution in [-0.4, -0.2) is 16.9 Å². The first-order chi connectivity index (χ1) is 6.91. The summed E-state index contributed by atoms with van der Waals surface area (Å²) in [6.45, 7) is 1.51. The number of carboxylic acid groups (broad SMARTS) is 1. The lowest BCUT2D eigenvalue weighted by Crippen LogP contribution is -2.08. The van der Waals surface area contributed by atoms with Crippen LogP contribution in [0.2, 0.25) is 5.02 Å². The van der Waals surface area contributed by atoms with Crippen LogP contribution in [0.4, 0.5) is 4.39 Å². The molecule has 0 aliphatic heterocycles. The molecule has 0 saturated heterocycles. The molecule has 80 valence electrons. The van der Waals surface area contributed by atoms with E-state index in [1.807, 2.05) is 0 Å². The van der Waals surface area contributed by atoms with E-state index in [2.05, 4.69) is 0 Å². The number of hydrogen-bond acceptors (Lipinski definition) is 2. The third-order valence-electron chi connectivity index (χ3n) is 1.86. The Balaban J connectivity index is 3.09. The number of aliphatic carboxylic acids is 1. The maximum atomic E-state index is 13.1. The van der Waals surface area contributed by atoms with E-state index in [0.717, 1.165) is 6.07 Å². The summed E-state index contributed by atoms with van der Waals surface area (Å²) in [7, 11) is 0. The van der Waals surface area contributed by atoms with Crippen molar-refractivity contribution >= 4 is 23.4 Å². The molecule has 0 bridgehead atoms. The van der Waals surface area contributed by atoms with Gasteiger partial charge in [-0.1, -0.05) is 11.6 Å². The third kappa shape index (κ3) is 2.76. The highest BCUT2D eigenvalue weighted by Crippen LogP contribution is 2.21. The number of carbonyl (C=O) groups is 2. The first-order valence-electron chi connectivity index (χ1n) is 4.12. The highest BCUT2D eigenvalue weighted by atomic mass is 35.5. The Kier molecular flexibility index (Phi) is 3.42. The maximum absolute atomic E-state index is 13.1. The van der Waals surface area contributed by atoms with Gasteiger partial charge in [0.15, 0.2) is 5.78 Å². The van der Waals surface area contributed by atoms with Gasteiger partial charge < -0.3 is 5.11 Å². The smallest absolute Gasteiger partial charge is 0.311 e. The molecule has 0 atom stereocenters. The molecule has 0 amide bonds. The highest BCUT2D eigenvalue weighted by Gasteiger charge is 2.15. The van der Waals surface area contributed by atoms with Crippen LogP contribution in [0.25, 0.3) is 0 Å². The van der Waals surface area contributed by atoms with Crippen molar-refractivity contribution in [3.05, 3.63) is 34.1 Å². The monoisotopic (exact) mass is 230 g/mol. The zero-order valence-corrected chi connectivity index (χ0v) is 8.64. The van der Waals surface area contributed by atoms with Gasteiger partial charge in [0.1, 0.15) is 12.2 Å². The Bertz CT molecular complexity index is 429. The van der Waals surface area contributed by atoms with Crippen LogP contribution in [0.3, 0.4) is 0 Å². The van der Waals surface area contributed by atoms with Gasteiger partial charge in [0, 0.05) is 5.56 Å². The second-order valence-electron chi connectivity index (χ2n) is 3.07. The molecule has 0 aliphatic carbocycles. The van der Waals surface area contributed by atoms with Gasteiger partial charge in [0.2, 0.25) is 0 Å². The fourth-order valence-electron chi connectivity index (χ4n) is 1.09. The summed E-state index contributed by atoms with van der Waals surface area (Å²) in [6, 6.07) is 2.26. The summed E-state index contributed by atoms with van der Waals surface area (Å²) >= 11 is 5.70. The average molecular weight is 231 g/mol. The Labute approximate surface area is 90.5 Å². The third-order valence-corrected chi connectivity index (χ3v) is 2.17. The summed E-state index contributed by atoms with van der Waals surface area (Å²) in [6.07, 6.45) is -0.692. The molecule has 0 aromatic heterocycles. The molecule has 1 N–H and O–H groups in total. The molecule has 0 fully saturated rings. The summed E-state index contributed by atoms with van der Waals surface area (Å²) in [5.74, 6) is -2.54. The predicted molar refractivity (Wildman–Crippen MR) is 52.7 cm³/mol. The molecule has 15 heavy (non-hydrogen) atoms. The molecular weight excluding hydrogens is 223 g/mol. The molecule has 1 aromatic rings. The first-order valence-corrected chi connectivity index (χ1v) is 4.50. The summed E-state index contributed by atoms with van der Waals surface area (Å²) in [5, 5.41) is 8.47. The van der Waals surface area contributed by atoms with Gasteiger partial charge in [-0.25, -0.2) is 4.39 Å². The lowest BCUT2D eigenvalue weighted by atomic mass is 10.1. The molecule has 0 saturated carbocycles. The van der Waals surface area contributed by atoms with Crippen LogP contribution in [-0.2, 0) is 4.79 Å². The van der Waals surface area contributed by atoms with Crippen molar-refractivity contribution < 1.29 is 19.1 Å². The SMILES string of the molecule is Cc1cc(Cl)c(C(=O)CC(=O)O)cc1F. The van der Waals surface area contributed by atoms with E-state index < -0.39 is 24.0 Å². The van der Waals surface area contributed by atoms with Gasteiger partial charge >= 0.3 is 5.97 Å². The van der Waals surface area contributed by atoms with Crippen molar-refractivity contribution in [3.63, 3.8) is 0 Å². The van der Waals surface area contributed by atoms with Crippen LogP contribution in [0.1, 0.15) is 22.3 Å². The standard InChI is InChI=1S/C10H8ClFO3/c1-5-2-7(11)6(3-8(5)12)9(13)4-10(14)15/h2-3H,4H2,1H3,(H,14,15). The van der Waals surface area contributed by atoms with E-state index in [4.69, 9.17) is 16.7 Å². The number of carbonyl (C=O) groups excluding carboxylic acids is 1. The van der Waals surface area contributed by atoms with Gasteiger partial charge in [-0.05, 0) is 24.6 Å². The molecule has 1 aromatic carbocycles. The molecule has 3 nitrogen and oxygen atoms in total. The van der Waals surface area contributed by atoms with Gasteiger partial charge in [0.25, 0.3) is 0 Å². The van der Waals surface area contributed by atoms with Crippen LogP contribution in [0, 0.1) is 12.7 Å². The molecular formula is C10H8ClFO3. The van der Waals surface area contributed by atoms with E-state index in [1.54, 1.807) is 0 Å². The minimum Gasteiger partial charge on any atom is -0.481 e. The predicted octanol–water partition coefficient (Wildman–Crippen LogP) is 2.44. The second kappa shape index (κ2) is 4.40. The summed E-state index contributed by atoms with van der Waals surface area (Å²) in [4.78, 5) is 21.6. The summed E-state index contributed by atoms with van der Waals surface area (Å²) < 4.78 is 13.1. The zero-order chi connectivity index (χ0) is 11.6. The van der Waals surface area contributed by atoms with Crippen LogP contribution in [0.15, 0.2) is 12.1 Å². The van der Waals surface area contributed by atoms with Gasteiger partial charge in [-0.3, -0.25) is 9.59 Å². The lowest BCUT2D eigenvalue weighted by Gasteiger charge is -2.04. The molecule has 0 radical (unpaired) electrons. The van der Waals surface area contributed by atoms with E-state index in [1.165, 1.54) is 13.0 Å². The van der Waals surface area contributed by atoms with E-state index in [-0.39, 0.29) is 10.6 Å². The van der Waals surface area contributed by atoms with Crippen LogP contribution >= 0.6 is 11.6 Å². The number of halogens is 2. The van der Waals surface area contributed by atoms with Crippen molar-refractivity contribution in [3.8, 4) is 0 Å². The molecule has 1 rings (SSSR count). The fraction of sp³-hybridized carbons (Fsp3) is 0.200. The molecule has 0 aliphatic rings. The number of Topliss-reactive ketones (excluding diaryl/α,β-unsaturated/α-hetero) is 1. The number of hydrogen-bond donors (Lipinski definition) is 1. The highest BCUT2D eigenvalue weighted by molar-refractivity contribution is 6.34. The molecule has 0 spiro atoms. The van der Waals surface area contributed by atoms with Crippen molar-refractivity contribution in [1.82, 2.24) is 0 Å². The first kappa shape index (κ1) is 11.7. The zero-order valence-electron chi connectivity index (χ0n) is 7.88. The quantitative estimate of drug-likeness (QED) is 0.641. The minimum atomic E-state index is -1.27. The van der Waals surface area contributed by atoms with Gasteiger partial charge in [-0.2, -0.15) is 0 Å². The number of aryl methyl sites for hydroxylation is 1. The Hall–Kier alpha value is -1.42. The van der Waals surface area contributed by atoms with Crippen molar-refractivity contribution in [2.75, 3.05) is 0 Å². The lowest BCUT2D eigenvalue weighted by molar-refractivity contribution is -0.135. The molecule has 0 unspecified atom stereocenters. The van der Waals surface area contributed by atoms with Gasteiger partial charge in [-0.15, -0.1) is 0 Å². The second-order valence-corrected chi connectivity index (χ2v) is 3.48. The fourth-order valence-corrected chi connectivity index (χ4v) is 1.42. The molecule has 5 heteroatoms. The average Bonchev–Trinajstić information content (AvgIpc) is 2.09. The van der Waals surface area contributed by atoms with Crippen LogP contribution < -0.4 is 0 Å². The Morgan fingerprint density at radius 3 is 2.60 bits per heavy atom. The minimum absolute atomic E-state index is 0.0696.